The molecule has 0 amide bonds. The Labute approximate surface area is 120 Å². The van der Waals surface area contributed by atoms with Gasteiger partial charge in [0.15, 0.2) is 0 Å². The van der Waals surface area contributed by atoms with E-state index in [-0.39, 0.29) is 0 Å². The summed E-state index contributed by atoms with van der Waals surface area (Å²) in [7, 11) is -8.78. The van der Waals surface area contributed by atoms with Gasteiger partial charge in [0, 0.05) is 6.04 Å². The highest BCUT2D eigenvalue weighted by atomic mass is 32.2. The lowest BCUT2D eigenvalue weighted by Crippen LogP contribution is -2.36. The lowest BCUT2D eigenvalue weighted by Gasteiger charge is -2.17. The summed E-state index contributed by atoms with van der Waals surface area (Å²) in [5, 5.41) is 4.89. The molecule has 1 unspecified atom stereocenters. The molecule has 0 saturated carbocycles. The average Bonchev–Trinajstić information content (AvgIpc) is 2.24. The molecular weight excluding hydrogens is 333 g/mol. The maximum atomic E-state index is 12.2. The summed E-state index contributed by atoms with van der Waals surface area (Å²) in [5.74, 6) is 0. The van der Waals surface area contributed by atoms with E-state index in [4.69, 9.17) is 5.14 Å². The summed E-state index contributed by atoms with van der Waals surface area (Å²) in [4.78, 5) is -1.38. The van der Waals surface area contributed by atoms with Crippen molar-refractivity contribution >= 4 is 20.0 Å². The van der Waals surface area contributed by atoms with E-state index in [0.29, 0.717) is 0 Å². The Kier molecular flexibility index (Phi) is 5.03. The van der Waals surface area contributed by atoms with E-state index in [1.807, 2.05) is 0 Å². The highest BCUT2D eigenvalue weighted by molar-refractivity contribution is 7.92. The molecule has 0 aliphatic carbocycles. The first-order valence-corrected chi connectivity index (χ1v) is 8.57. The lowest BCUT2D eigenvalue weighted by atomic mass is 10.2. The molecule has 0 aliphatic rings. The number of halogens is 3. The van der Waals surface area contributed by atoms with Crippen LogP contribution in [0.15, 0.2) is 34.1 Å². The molecule has 0 radical (unpaired) electrons. The molecule has 1 atom stereocenters. The third kappa shape index (κ3) is 5.26. The van der Waals surface area contributed by atoms with Crippen LogP contribution in [0, 0.1) is 0 Å². The maximum absolute atomic E-state index is 12.2. The molecule has 21 heavy (non-hydrogen) atoms. The number of sulfonamides is 2. The van der Waals surface area contributed by atoms with Crippen LogP contribution in [0.25, 0.3) is 0 Å². The highest BCUT2D eigenvalue weighted by Crippen LogP contribution is 2.24. The smallest absolute Gasteiger partial charge is 0.225 e. The third-order valence-corrected chi connectivity index (χ3v) is 5.09. The average molecular weight is 346 g/mol. The SMILES string of the molecule is CC(CC(F)(F)F)NS(=O)(=O)c1ccccc1S(N)(=O)=O. The molecular formula is C10H13F3N2O4S2. The standard InChI is InChI=1S/C10H13F3N2O4S2/c1-7(6-10(11,12)13)15-21(18,19)9-5-3-2-4-8(9)20(14,16)17/h2-5,7,15H,6H2,1H3,(H2,14,16,17). The van der Waals surface area contributed by atoms with E-state index < -0.39 is 48.5 Å². The fourth-order valence-electron chi connectivity index (χ4n) is 1.62. The van der Waals surface area contributed by atoms with Crippen LogP contribution in [0.5, 0.6) is 0 Å². The van der Waals surface area contributed by atoms with Gasteiger partial charge in [-0.15, -0.1) is 0 Å². The zero-order chi connectivity index (χ0) is 16.5. The Morgan fingerprint density at radius 2 is 1.62 bits per heavy atom. The van der Waals surface area contributed by atoms with Crippen molar-refractivity contribution in [3.63, 3.8) is 0 Å². The van der Waals surface area contributed by atoms with Gasteiger partial charge in [-0.25, -0.2) is 26.7 Å². The van der Waals surface area contributed by atoms with E-state index >= 15 is 0 Å². The van der Waals surface area contributed by atoms with E-state index in [9.17, 15) is 30.0 Å². The molecule has 1 rings (SSSR count). The molecule has 6 nitrogen and oxygen atoms in total. The zero-order valence-electron chi connectivity index (χ0n) is 10.8. The third-order valence-electron chi connectivity index (χ3n) is 2.34. The first-order valence-electron chi connectivity index (χ1n) is 5.54. The molecule has 0 aromatic heterocycles. The van der Waals surface area contributed by atoms with Crippen molar-refractivity contribution in [3.05, 3.63) is 24.3 Å². The number of benzene rings is 1. The van der Waals surface area contributed by atoms with E-state index in [2.05, 4.69) is 0 Å². The second-order valence-corrected chi connectivity index (χ2v) is 7.55. The second-order valence-electron chi connectivity index (χ2n) is 4.33. The van der Waals surface area contributed by atoms with Crippen LogP contribution < -0.4 is 9.86 Å². The predicted molar refractivity (Wildman–Crippen MR) is 68.3 cm³/mol. The first-order chi connectivity index (χ1) is 9.33. The normalized spacial score (nSPS) is 14.9. The molecule has 0 fully saturated rings. The van der Waals surface area contributed by atoms with Gasteiger partial charge in [0.05, 0.1) is 6.42 Å². The number of hydrogen-bond acceptors (Lipinski definition) is 4. The minimum absolute atomic E-state index is 0.684. The topological polar surface area (TPSA) is 106 Å². The van der Waals surface area contributed by atoms with Crippen LogP contribution in [-0.4, -0.2) is 29.1 Å². The molecule has 3 N–H and O–H groups in total. The number of primary sulfonamides is 1. The van der Waals surface area contributed by atoms with Crippen LogP contribution in [0.2, 0.25) is 0 Å². The number of rotatable bonds is 5. The molecule has 0 heterocycles. The van der Waals surface area contributed by atoms with Crippen LogP contribution in [0.4, 0.5) is 13.2 Å². The van der Waals surface area contributed by atoms with Crippen molar-refractivity contribution in [1.29, 1.82) is 0 Å². The quantitative estimate of drug-likeness (QED) is 0.828. The van der Waals surface area contributed by atoms with Gasteiger partial charge < -0.3 is 0 Å². The molecule has 0 aliphatic heterocycles. The Bertz CT molecular complexity index is 714. The van der Waals surface area contributed by atoms with E-state index in [0.717, 1.165) is 19.1 Å². The Morgan fingerprint density at radius 1 is 1.14 bits per heavy atom. The van der Waals surface area contributed by atoms with E-state index in [1.54, 1.807) is 4.72 Å². The second kappa shape index (κ2) is 5.91. The van der Waals surface area contributed by atoms with Gasteiger partial charge in [0.2, 0.25) is 20.0 Å². The molecule has 0 spiro atoms. The summed E-state index contributed by atoms with van der Waals surface area (Å²) < 4.78 is 85.0. The van der Waals surface area contributed by atoms with Crippen LogP contribution in [-0.2, 0) is 20.0 Å². The summed E-state index contributed by atoms with van der Waals surface area (Å²) >= 11 is 0. The Hall–Kier alpha value is -1.17. The summed E-state index contributed by atoms with van der Waals surface area (Å²) in [6.07, 6.45) is -5.94. The molecule has 1 aromatic carbocycles. The van der Waals surface area contributed by atoms with Crippen molar-refractivity contribution < 1.29 is 30.0 Å². The van der Waals surface area contributed by atoms with Gasteiger partial charge in [-0.3, -0.25) is 0 Å². The van der Waals surface area contributed by atoms with Crippen LogP contribution in [0.1, 0.15) is 13.3 Å². The van der Waals surface area contributed by atoms with Crippen molar-refractivity contribution in [1.82, 2.24) is 4.72 Å². The minimum atomic E-state index is -4.55. The van der Waals surface area contributed by atoms with E-state index in [1.165, 1.54) is 12.1 Å². The minimum Gasteiger partial charge on any atom is -0.225 e. The fourth-order valence-corrected chi connectivity index (χ4v) is 4.25. The molecule has 120 valence electrons. The van der Waals surface area contributed by atoms with Crippen LogP contribution >= 0.6 is 0 Å². The molecule has 11 heteroatoms. The Balaban J connectivity index is 3.16. The fraction of sp³-hybridized carbons (Fsp3) is 0.400. The first kappa shape index (κ1) is 17.9. The zero-order valence-corrected chi connectivity index (χ0v) is 12.4. The highest BCUT2D eigenvalue weighted by Gasteiger charge is 2.33. The van der Waals surface area contributed by atoms with Crippen LogP contribution in [0.3, 0.4) is 0 Å². The summed E-state index contributed by atoms with van der Waals surface area (Å²) in [6.45, 7) is 1.02. The number of alkyl halides is 3. The predicted octanol–water partition coefficient (Wildman–Crippen LogP) is 0.953. The van der Waals surface area contributed by atoms with Gasteiger partial charge in [-0.2, -0.15) is 13.2 Å². The Morgan fingerprint density at radius 3 is 2.05 bits per heavy atom. The summed E-state index contributed by atoms with van der Waals surface area (Å²) in [6, 6.07) is 2.93. The van der Waals surface area contributed by atoms with Crippen molar-refractivity contribution in [2.24, 2.45) is 5.14 Å². The summed E-state index contributed by atoms with van der Waals surface area (Å²) in [5.41, 5.74) is 0. The van der Waals surface area contributed by atoms with Gasteiger partial charge >= 0.3 is 6.18 Å². The maximum Gasteiger partial charge on any atom is 0.390 e. The molecule has 0 saturated heterocycles. The number of hydrogen-bond donors (Lipinski definition) is 2. The van der Waals surface area contributed by atoms with Gasteiger partial charge in [-0.05, 0) is 19.1 Å². The van der Waals surface area contributed by atoms with Gasteiger partial charge in [0.1, 0.15) is 9.79 Å². The van der Waals surface area contributed by atoms with Crippen molar-refractivity contribution in [2.45, 2.75) is 35.4 Å². The largest absolute Gasteiger partial charge is 0.390 e. The van der Waals surface area contributed by atoms with Gasteiger partial charge in [0.25, 0.3) is 0 Å². The number of nitrogens with two attached hydrogens (primary N) is 1. The monoisotopic (exact) mass is 346 g/mol. The van der Waals surface area contributed by atoms with Crippen molar-refractivity contribution in [2.75, 3.05) is 0 Å². The molecule has 1 aromatic rings. The lowest BCUT2D eigenvalue weighted by molar-refractivity contribution is -0.137. The number of nitrogens with one attached hydrogen (secondary N) is 1. The van der Waals surface area contributed by atoms with Gasteiger partial charge in [-0.1, -0.05) is 12.1 Å². The molecule has 0 bridgehead atoms. The van der Waals surface area contributed by atoms with Crippen molar-refractivity contribution in [3.8, 4) is 0 Å².